The van der Waals surface area contributed by atoms with Crippen molar-refractivity contribution < 1.29 is 9.53 Å². The van der Waals surface area contributed by atoms with E-state index in [2.05, 4.69) is 10.3 Å². The molecule has 0 radical (unpaired) electrons. The Bertz CT molecular complexity index is 391. The van der Waals surface area contributed by atoms with Gasteiger partial charge in [-0.25, -0.2) is 9.78 Å². The van der Waals surface area contributed by atoms with Gasteiger partial charge in [-0.15, -0.1) is 11.3 Å². The minimum Gasteiger partial charge on any atom is -0.444 e. The first-order chi connectivity index (χ1) is 7.40. The molecule has 88 valence electrons. The van der Waals surface area contributed by atoms with Crippen LogP contribution < -0.4 is 5.32 Å². The minimum absolute atomic E-state index is 0.478. The monoisotopic (exact) mass is 240 g/mol. The van der Waals surface area contributed by atoms with Gasteiger partial charge in [0.15, 0.2) is 5.13 Å². The van der Waals surface area contributed by atoms with E-state index in [4.69, 9.17) is 4.74 Å². The van der Waals surface area contributed by atoms with Crippen LogP contribution in [-0.4, -0.2) is 16.7 Å². The van der Waals surface area contributed by atoms with Gasteiger partial charge in [0, 0.05) is 5.38 Å². The van der Waals surface area contributed by atoms with Crippen molar-refractivity contribution in [3.05, 3.63) is 17.2 Å². The highest BCUT2D eigenvalue weighted by Gasteiger charge is 2.16. The summed E-state index contributed by atoms with van der Waals surface area (Å²) in [6.07, 6.45) is 3.29. The molecule has 0 fully saturated rings. The number of aromatic nitrogens is 1. The molecule has 1 rings (SSSR count). The highest BCUT2D eigenvalue weighted by atomic mass is 32.1. The summed E-state index contributed by atoms with van der Waals surface area (Å²) in [5.74, 6) is 0. The molecule has 0 atom stereocenters. The fourth-order valence-corrected chi connectivity index (χ4v) is 1.65. The molecule has 0 saturated heterocycles. The molecule has 0 aliphatic rings. The van der Waals surface area contributed by atoms with Gasteiger partial charge >= 0.3 is 6.09 Å². The number of nitrogens with one attached hydrogen (secondary N) is 1. The minimum atomic E-state index is -0.493. The smallest absolute Gasteiger partial charge is 0.413 e. The Kier molecular flexibility index (Phi) is 4.06. The number of allylic oxidation sites excluding steroid dienone is 1. The molecule has 1 N–H and O–H groups in total. The number of hydrogen-bond acceptors (Lipinski definition) is 4. The van der Waals surface area contributed by atoms with Crippen LogP contribution in [0.3, 0.4) is 0 Å². The molecular weight excluding hydrogens is 224 g/mol. The lowest BCUT2D eigenvalue weighted by molar-refractivity contribution is 0.0636. The van der Waals surface area contributed by atoms with Crippen LogP contribution in [0.5, 0.6) is 0 Å². The van der Waals surface area contributed by atoms with Crippen LogP contribution in [0.1, 0.15) is 33.4 Å². The van der Waals surface area contributed by atoms with E-state index in [0.29, 0.717) is 5.13 Å². The quantitative estimate of drug-likeness (QED) is 0.860. The predicted octanol–water partition coefficient (Wildman–Crippen LogP) is 3.52. The van der Waals surface area contributed by atoms with Crippen LogP contribution >= 0.6 is 11.3 Å². The van der Waals surface area contributed by atoms with Crippen molar-refractivity contribution in [1.82, 2.24) is 4.98 Å². The van der Waals surface area contributed by atoms with Crippen molar-refractivity contribution in [2.24, 2.45) is 0 Å². The molecular formula is C11H16N2O2S. The zero-order chi connectivity index (χ0) is 12.2. The molecule has 1 heterocycles. The number of carbonyl (C=O) groups is 1. The summed E-state index contributed by atoms with van der Waals surface area (Å²) in [6.45, 7) is 7.37. The average molecular weight is 240 g/mol. The van der Waals surface area contributed by atoms with Gasteiger partial charge in [0.2, 0.25) is 0 Å². The first kappa shape index (κ1) is 12.7. The Hall–Kier alpha value is -1.36. The van der Waals surface area contributed by atoms with Gasteiger partial charge in [-0.05, 0) is 33.8 Å². The molecule has 0 aliphatic heterocycles. The maximum Gasteiger partial charge on any atom is 0.413 e. The van der Waals surface area contributed by atoms with E-state index in [1.54, 1.807) is 0 Å². The second-order valence-electron chi connectivity index (χ2n) is 4.20. The number of anilines is 1. The largest absolute Gasteiger partial charge is 0.444 e. The zero-order valence-corrected chi connectivity index (χ0v) is 10.7. The van der Waals surface area contributed by atoms with Crippen LogP contribution in [-0.2, 0) is 4.74 Å². The first-order valence-corrected chi connectivity index (χ1v) is 5.87. The fourth-order valence-electron chi connectivity index (χ4n) is 0.982. The lowest BCUT2D eigenvalue weighted by Crippen LogP contribution is -2.27. The summed E-state index contributed by atoms with van der Waals surface area (Å²) in [7, 11) is 0. The van der Waals surface area contributed by atoms with Crippen molar-refractivity contribution in [2.45, 2.75) is 33.3 Å². The average Bonchev–Trinajstić information content (AvgIpc) is 2.49. The van der Waals surface area contributed by atoms with Gasteiger partial charge in [0.05, 0.1) is 5.69 Å². The fraction of sp³-hybridized carbons (Fsp3) is 0.455. The number of amides is 1. The second kappa shape index (κ2) is 5.12. The summed E-state index contributed by atoms with van der Waals surface area (Å²) in [5.41, 5.74) is 0.339. The van der Waals surface area contributed by atoms with Gasteiger partial charge in [-0.2, -0.15) is 0 Å². The molecule has 0 spiro atoms. The van der Waals surface area contributed by atoms with Gasteiger partial charge in [0.1, 0.15) is 5.60 Å². The Labute approximate surface area is 99.3 Å². The number of ether oxygens (including phenoxy) is 1. The van der Waals surface area contributed by atoms with Crippen LogP contribution in [0.2, 0.25) is 0 Å². The third kappa shape index (κ3) is 4.44. The molecule has 1 amide bonds. The molecule has 16 heavy (non-hydrogen) atoms. The predicted molar refractivity (Wildman–Crippen MR) is 66.7 cm³/mol. The van der Waals surface area contributed by atoms with E-state index in [-0.39, 0.29) is 0 Å². The normalized spacial score (nSPS) is 11.8. The van der Waals surface area contributed by atoms with Crippen LogP contribution in [0, 0.1) is 0 Å². The maximum atomic E-state index is 11.4. The molecule has 1 aromatic heterocycles. The molecule has 4 nitrogen and oxygen atoms in total. The Balaban J connectivity index is 2.56. The molecule has 5 heteroatoms. The van der Waals surface area contributed by atoms with E-state index >= 15 is 0 Å². The molecule has 0 aliphatic carbocycles. The van der Waals surface area contributed by atoms with Crippen molar-refractivity contribution in [3.63, 3.8) is 0 Å². The van der Waals surface area contributed by atoms with Gasteiger partial charge in [-0.3, -0.25) is 5.32 Å². The summed E-state index contributed by atoms with van der Waals surface area (Å²) in [4.78, 5) is 15.6. The highest BCUT2D eigenvalue weighted by Crippen LogP contribution is 2.17. The van der Waals surface area contributed by atoms with E-state index < -0.39 is 11.7 Å². The molecule has 1 aromatic rings. The molecule has 0 aromatic carbocycles. The number of thiazole rings is 1. The van der Waals surface area contributed by atoms with E-state index in [0.717, 1.165) is 5.69 Å². The van der Waals surface area contributed by atoms with Crippen LogP contribution in [0.15, 0.2) is 11.5 Å². The standard InChI is InChI=1S/C11H16N2O2S/c1-5-6-8-7-16-9(12-8)13-10(14)15-11(2,3)4/h5-7H,1-4H3,(H,12,13,14)/b6-5-. The molecule has 0 saturated carbocycles. The third-order valence-corrected chi connectivity index (χ3v) is 2.24. The SMILES string of the molecule is C/C=C\c1csc(NC(=O)OC(C)(C)C)n1. The van der Waals surface area contributed by atoms with E-state index in [1.165, 1.54) is 11.3 Å². The lowest BCUT2D eigenvalue weighted by Gasteiger charge is -2.18. The molecule has 0 unspecified atom stereocenters. The van der Waals surface area contributed by atoms with Gasteiger partial charge in [-0.1, -0.05) is 6.08 Å². The Morgan fingerprint density at radius 2 is 2.25 bits per heavy atom. The van der Waals surface area contributed by atoms with Crippen LogP contribution in [0.25, 0.3) is 6.08 Å². The van der Waals surface area contributed by atoms with E-state index in [9.17, 15) is 4.79 Å². The summed E-state index contributed by atoms with van der Waals surface area (Å²) in [6, 6.07) is 0. The van der Waals surface area contributed by atoms with Crippen LogP contribution in [0.4, 0.5) is 9.93 Å². The van der Waals surface area contributed by atoms with E-state index in [1.807, 2.05) is 45.2 Å². The lowest BCUT2D eigenvalue weighted by atomic mass is 10.2. The Morgan fingerprint density at radius 3 is 2.81 bits per heavy atom. The Morgan fingerprint density at radius 1 is 1.56 bits per heavy atom. The highest BCUT2D eigenvalue weighted by molar-refractivity contribution is 7.14. The number of rotatable bonds is 2. The summed E-state index contributed by atoms with van der Waals surface area (Å²) in [5, 5.41) is 5.00. The second-order valence-corrected chi connectivity index (χ2v) is 5.06. The third-order valence-electron chi connectivity index (χ3n) is 1.47. The topological polar surface area (TPSA) is 51.2 Å². The zero-order valence-electron chi connectivity index (χ0n) is 9.90. The number of hydrogen-bond donors (Lipinski definition) is 1. The summed E-state index contributed by atoms with van der Waals surface area (Å²) >= 11 is 1.37. The van der Waals surface area contributed by atoms with Crippen molar-refractivity contribution in [2.75, 3.05) is 5.32 Å². The maximum absolute atomic E-state index is 11.4. The number of carbonyl (C=O) groups excluding carboxylic acids is 1. The van der Waals surface area contributed by atoms with Crippen molar-refractivity contribution >= 4 is 28.6 Å². The van der Waals surface area contributed by atoms with Gasteiger partial charge < -0.3 is 4.74 Å². The number of nitrogens with zero attached hydrogens (tertiary/aromatic N) is 1. The van der Waals surface area contributed by atoms with Crippen molar-refractivity contribution in [1.29, 1.82) is 0 Å². The van der Waals surface area contributed by atoms with Crippen molar-refractivity contribution in [3.8, 4) is 0 Å². The molecule has 0 bridgehead atoms. The summed E-state index contributed by atoms with van der Waals surface area (Å²) < 4.78 is 5.11. The van der Waals surface area contributed by atoms with Gasteiger partial charge in [0.25, 0.3) is 0 Å². The first-order valence-electron chi connectivity index (χ1n) is 4.99.